The zero-order valence-electron chi connectivity index (χ0n) is 10.4. The Morgan fingerprint density at radius 2 is 2.11 bits per heavy atom. The first kappa shape index (κ1) is 13.4. The molecule has 1 N–H and O–H groups in total. The first-order chi connectivity index (χ1) is 8.69. The predicted molar refractivity (Wildman–Crippen MR) is 65.5 cm³/mol. The Morgan fingerprint density at radius 3 is 2.72 bits per heavy atom. The highest BCUT2D eigenvalue weighted by Crippen LogP contribution is 2.28. The van der Waals surface area contributed by atoms with Crippen LogP contribution in [0.2, 0.25) is 0 Å². The van der Waals surface area contributed by atoms with Gasteiger partial charge in [-0.15, -0.1) is 0 Å². The van der Waals surface area contributed by atoms with E-state index in [1.54, 1.807) is 4.90 Å². The summed E-state index contributed by atoms with van der Waals surface area (Å²) < 4.78 is 31.8. The Bertz CT molecular complexity index is 375. The largest absolute Gasteiger partial charge is 0.356 e. The summed E-state index contributed by atoms with van der Waals surface area (Å²) >= 11 is 0. The van der Waals surface area contributed by atoms with E-state index in [1.807, 2.05) is 30.3 Å². The quantitative estimate of drug-likeness (QED) is 0.887. The zero-order valence-corrected chi connectivity index (χ0v) is 10.4. The molecule has 0 bridgehead atoms. The molecule has 3 nitrogen and oxygen atoms in total. The standard InChI is InChI=1S/C13H18F2N2O/c1-18-13(12(14)15)10-16-7-8-17(13)9-11-5-3-2-4-6-11/h2-6,12,16H,7-10H2,1H3/t13-/m1/s1. The van der Waals surface area contributed by atoms with E-state index in [9.17, 15) is 8.78 Å². The van der Waals surface area contributed by atoms with Crippen molar-refractivity contribution in [1.82, 2.24) is 10.2 Å². The first-order valence-corrected chi connectivity index (χ1v) is 6.02. The number of halogens is 2. The average Bonchev–Trinajstić information content (AvgIpc) is 2.40. The highest BCUT2D eigenvalue weighted by atomic mass is 19.3. The third-order valence-electron chi connectivity index (χ3n) is 3.38. The van der Waals surface area contributed by atoms with E-state index in [0.29, 0.717) is 19.6 Å². The summed E-state index contributed by atoms with van der Waals surface area (Å²) in [4.78, 5) is 1.71. The second kappa shape index (κ2) is 5.73. The Morgan fingerprint density at radius 1 is 1.39 bits per heavy atom. The van der Waals surface area contributed by atoms with Crippen LogP contribution < -0.4 is 5.32 Å². The van der Waals surface area contributed by atoms with E-state index in [0.717, 1.165) is 5.56 Å². The van der Waals surface area contributed by atoms with Gasteiger partial charge in [-0.05, 0) is 5.56 Å². The van der Waals surface area contributed by atoms with Crippen LogP contribution in [-0.4, -0.2) is 43.8 Å². The summed E-state index contributed by atoms with van der Waals surface area (Å²) in [6, 6.07) is 9.61. The molecule has 0 spiro atoms. The van der Waals surface area contributed by atoms with Crippen molar-refractivity contribution in [2.24, 2.45) is 0 Å². The highest BCUT2D eigenvalue weighted by Gasteiger charge is 2.47. The molecule has 1 atom stereocenters. The number of hydrogen-bond acceptors (Lipinski definition) is 3. The second-order valence-corrected chi connectivity index (χ2v) is 4.43. The molecule has 2 rings (SSSR count). The maximum atomic E-state index is 13.3. The van der Waals surface area contributed by atoms with Crippen molar-refractivity contribution in [2.75, 3.05) is 26.7 Å². The van der Waals surface area contributed by atoms with Crippen LogP contribution in [0.3, 0.4) is 0 Å². The fourth-order valence-electron chi connectivity index (χ4n) is 2.30. The number of hydrogen-bond donors (Lipinski definition) is 1. The highest BCUT2D eigenvalue weighted by molar-refractivity contribution is 5.15. The molecule has 0 radical (unpaired) electrons. The van der Waals surface area contributed by atoms with E-state index in [4.69, 9.17) is 4.74 Å². The van der Waals surface area contributed by atoms with Gasteiger partial charge in [-0.25, -0.2) is 8.78 Å². The molecule has 0 unspecified atom stereocenters. The summed E-state index contributed by atoms with van der Waals surface area (Å²) in [6.45, 7) is 1.87. The number of alkyl halides is 2. The van der Waals surface area contributed by atoms with E-state index < -0.39 is 12.2 Å². The van der Waals surface area contributed by atoms with Gasteiger partial charge in [0.05, 0.1) is 0 Å². The number of ether oxygens (including phenoxy) is 1. The molecule has 0 amide bonds. The van der Waals surface area contributed by atoms with Gasteiger partial charge in [0.15, 0.2) is 5.72 Å². The van der Waals surface area contributed by atoms with E-state index in [-0.39, 0.29) is 6.54 Å². The minimum atomic E-state index is -2.54. The lowest BCUT2D eigenvalue weighted by Crippen LogP contribution is -2.65. The van der Waals surface area contributed by atoms with Gasteiger partial charge in [-0.2, -0.15) is 0 Å². The van der Waals surface area contributed by atoms with Crippen molar-refractivity contribution in [2.45, 2.75) is 18.7 Å². The van der Waals surface area contributed by atoms with Crippen LogP contribution in [0.4, 0.5) is 8.78 Å². The molecule has 0 aliphatic carbocycles. The average molecular weight is 256 g/mol. The number of nitrogens with one attached hydrogen (secondary N) is 1. The van der Waals surface area contributed by atoms with Gasteiger partial charge in [-0.1, -0.05) is 30.3 Å². The predicted octanol–water partition coefficient (Wildman–Crippen LogP) is 1.70. The van der Waals surface area contributed by atoms with Gasteiger partial charge in [0, 0.05) is 33.3 Å². The summed E-state index contributed by atoms with van der Waals surface area (Å²) in [6.07, 6.45) is -2.54. The van der Waals surface area contributed by atoms with Crippen molar-refractivity contribution in [3.63, 3.8) is 0 Å². The third-order valence-corrected chi connectivity index (χ3v) is 3.38. The van der Waals surface area contributed by atoms with Gasteiger partial charge in [0.25, 0.3) is 6.43 Å². The number of nitrogens with zero attached hydrogens (tertiary/aromatic N) is 1. The fraction of sp³-hybridized carbons (Fsp3) is 0.538. The molecule has 1 saturated heterocycles. The van der Waals surface area contributed by atoms with Crippen molar-refractivity contribution in [3.8, 4) is 0 Å². The third kappa shape index (κ3) is 2.53. The Labute approximate surface area is 106 Å². The van der Waals surface area contributed by atoms with Crippen LogP contribution in [0.15, 0.2) is 30.3 Å². The van der Waals surface area contributed by atoms with Crippen LogP contribution in [0, 0.1) is 0 Å². The molecule has 100 valence electrons. The Kier molecular flexibility index (Phi) is 4.27. The SMILES string of the molecule is CO[C@@]1(C(F)F)CNCCN1Cc1ccccc1. The van der Waals surface area contributed by atoms with Gasteiger partial charge >= 0.3 is 0 Å². The number of methoxy groups -OCH3 is 1. The van der Waals surface area contributed by atoms with Crippen molar-refractivity contribution in [3.05, 3.63) is 35.9 Å². The Hall–Kier alpha value is -1.04. The molecule has 18 heavy (non-hydrogen) atoms. The summed E-state index contributed by atoms with van der Waals surface area (Å²) in [5, 5.41) is 2.98. The summed E-state index contributed by atoms with van der Waals surface area (Å²) in [5.74, 6) is 0. The molecular weight excluding hydrogens is 238 g/mol. The smallest absolute Gasteiger partial charge is 0.281 e. The Balaban J connectivity index is 2.17. The van der Waals surface area contributed by atoms with E-state index >= 15 is 0 Å². The molecule has 1 aromatic rings. The lowest BCUT2D eigenvalue weighted by atomic mass is 10.1. The number of piperazine rings is 1. The minimum Gasteiger partial charge on any atom is -0.356 e. The number of rotatable bonds is 4. The minimum absolute atomic E-state index is 0.147. The fourth-order valence-corrected chi connectivity index (χ4v) is 2.30. The van der Waals surface area contributed by atoms with Gasteiger partial charge in [0.1, 0.15) is 0 Å². The van der Waals surface area contributed by atoms with Crippen molar-refractivity contribution >= 4 is 0 Å². The molecule has 1 fully saturated rings. The van der Waals surface area contributed by atoms with Crippen LogP contribution >= 0.6 is 0 Å². The maximum Gasteiger partial charge on any atom is 0.281 e. The van der Waals surface area contributed by atoms with E-state index in [1.165, 1.54) is 7.11 Å². The molecule has 1 aromatic carbocycles. The van der Waals surface area contributed by atoms with Gasteiger partial charge < -0.3 is 10.1 Å². The number of benzene rings is 1. The first-order valence-electron chi connectivity index (χ1n) is 6.02. The molecule has 1 heterocycles. The van der Waals surface area contributed by atoms with Crippen LogP contribution in [0.25, 0.3) is 0 Å². The lowest BCUT2D eigenvalue weighted by Gasteiger charge is -2.45. The van der Waals surface area contributed by atoms with Crippen LogP contribution in [0.1, 0.15) is 5.56 Å². The van der Waals surface area contributed by atoms with Gasteiger partial charge in [0.2, 0.25) is 0 Å². The lowest BCUT2D eigenvalue weighted by molar-refractivity contribution is -0.222. The second-order valence-electron chi connectivity index (χ2n) is 4.43. The topological polar surface area (TPSA) is 24.5 Å². The van der Waals surface area contributed by atoms with E-state index in [2.05, 4.69) is 5.32 Å². The molecular formula is C13H18F2N2O. The summed E-state index contributed by atoms with van der Waals surface area (Å²) in [7, 11) is 1.34. The maximum absolute atomic E-state index is 13.3. The van der Waals surface area contributed by atoms with Gasteiger partial charge in [-0.3, -0.25) is 4.90 Å². The molecule has 1 aliphatic rings. The zero-order chi connectivity index (χ0) is 13.0. The molecule has 1 aliphatic heterocycles. The van der Waals surface area contributed by atoms with Crippen molar-refractivity contribution in [1.29, 1.82) is 0 Å². The van der Waals surface area contributed by atoms with Crippen LogP contribution in [0.5, 0.6) is 0 Å². The molecule has 0 aromatic heterocycles. The summed E-state index contributed by atoms with van der Waals surface area (Å²) in [5.41, 5.74) is -0.504. The van der Waals surface area contributed by atoms with Crippen LogP contribution in [-0.2, 0) is 11.3 Å². The van der Waals surface area contributed by atoms with Crippen molar-refractivity contribution < 1.29 is 13.5 Å². The normalized spacial score (nSPS) is 25.6. The molecule has 5 heteroatoms. The molecule has 0 saturated carbocycles. The monoisotopic (exact) mass is 256 g/mol.